The Morgan fingerprint density at radius 2 is 2.24 bits per heavy atom. The van der Waals surface area contributed by atoms with Crippen LogP contribution in [0.1, 0.15) is 35.0 Å². The number of hydrogen-bond acceptors (Lipinski definition) is 4. The van der Waals surface area contributed by atoms with E-state index in [1.165, 1.54) is 0 Å². The fourth-order valence-corrected chi connectivity index (χ4v) is 1.35. The van der Waals surface area contributed by atoms with Gasteiger partial charge in [0.15, 0.2) is 0 Å². The molecule has 0 bridgehead atoms. The normalized spacial score (nSPS) is 10.6. The van der Waals surface area contributed by atoms with Crippen LogP contribution >= 0.6 is 0 Å². The minimum atomic E-state index is -2.94. The van der Waals surface area contributed by atoms with Gasteiger partial charge in [-0.15, -0.1) is 0 Å². The lowest BCUT2D eigenvalue weighted by Crippen LogP contribution is -2.22. The largest absolute Gasteiger partial charge is 0.461 e. The molecule has 0 atom stereocenters. The first-order valence-electron chi connectivity index (χ1n) is 4.92. The summed E-state index contributed by atoms with van der Waals surface area (Å²) in [6.45, 7) is 1.46. The van der Waals surface area contributed by atoms with E-state index in [-0.39, 0.29) is 24.4 Å². The smallest absolute Gasteiger partial charge is 0.354 e. The predicted octanol–water partition coefficient (Wildman–Crippen LogP) is 0.948. The summed E-state index contributed by atoms with van der Waals surface area (Å²) in [4.78, 5) is 24.7. The molecule has 0 amide bonds. The minimum Gasteiger partial charge on any atom is -0.461 e. The van der Waals surface area contributed by atoms with Crippen LogP contribution in [0.3, 0.4) is 0 Å². The van der Waals surface area contributed by atoms with Crippen molar-refractivity contribution < 1.29 is 18.3 Å². The molecule has 1 heterocycles. The first-order chi connectivity index (χ1) is 8.01. The van der Waals surface area contributed by atoms with Crippen molar-refractivity contribution in [2.24, 2.45) is 5.73 Å². The second kappa shape index (κ2) is 5.53. The monoisotopic (exact) mass is 246 g/mol. The van der Waals surface area contributed by atoms with Crippen molar-refractivity contribution in [3.8, 4) is 0 Å². The molecule has 3 N–H and O–H groups in total. The molecule has 17 heavy (non-hydrogen) atoms. The second-order valence-corrected chi connectivity index (χ2v) is 3.18. The molecule has 1 aromatic heterocycles. The van der Waals surface area contributed by atoms with Gasteiger partial charge in [0.1, 0.15) is 5.69 Å². The average molecular weight is 246 g/mol. The van der Waals surface area contributed by atoms with Crippen molar-refractivity contribution in [2.45, 2.75) is 19.9 Å². The van der Waals surface area contributed by atoms with E-state index < -0.39 is 23.5 Å². The van der Waals surface area contributed by atoms with Crippen LogP contribution in [0.15, 0.2) is 10.9 Å². The van der Waals surface area contributed by atoms with Gasteiger partial charge in [0.05, 0.1) is 12.2 Å². The van der Waals surface area contributed by atoms with E-state index in [4.69, 9.17) is 5.73 Å². The van der Waals surface area contributed by atoms with Gasteiger partial charge in [0.25, 0.3) is 12.0 Å². The van der Waals surface area contributed by atoms with Crippen LogP contribution in [-0.4, -0.2) is 17.6 Å². The summed E-state index contributed by atoms with van der Waals surface area (Å²) in [5.74, 6) is -0.778. The highest BCUT2D eigenvalue weighted by molar-refractivity contribution is 5.87. The Kier molecular flexibility index (Phi) is 4.33. The molecule has 0 saturated heterocycles. The number of rotatable bonds is 4. The van der Waals surface area contributed by atoms with Crippen LogP contribution in [0.2, 0.25) is 0 Å². The van der Waals surface area contributed by atoms with E-state index >= 15 is 0 Å². The Morgan fingerprint density at radius 3 is 2.71 bits per heavy atom. The van der Waals surface area contributed by atoms with Gasteiger partial charge in [-0.1, -0.05) is 0 Å². The number of nitrogens with one attached hydrogen (secondary N) is 1. The minimum absolute atomic E-state index is 0.0631. The summed E-state index contributed by atoms with van der Waals surface area (Å²) in [5, 5.41) is 0. The number of carbonyl (C=O) groups is 1. The molecule has 0 aliphatic heterocycles. The third kappa shape index (κ3) is 2.88. The molecule has 0 aliphatic rings. The van der Waals surface area contributed by atoms with Crippen LogP contribution in [-0.2, 0) is 11.3 Å². The number of hydrogen-bond donors (Lipinski definition) is 2. The number of alkyl halides is 2. The first kappa shape index (κ1) is 13.3. The quantitative estimate of drug-likeness (QED) is 0.774. The molecule has 7 heteroatoms. The van der Waals surface area contributed by atoms with Crippen molar-refractivity contribution in [1.82, 2.24) is 4.98 Å². The van der Waals surface area contributed by atoms with Crippen molar-refractivity contribution in [1.29, 1.82) is 0 Å². The van der Waals surface area contributed by atoms with Gasteiger partial charge in [-0.2, -0.15) is 0 Å². The highest BCUT2D eigenvalue weighted by Gasteiger charge is 2.20. The summed E-state index contributed by atoms with van der Waals surface area (Å²) < 4.78 is 29.8. The molecule has 0 spiro atoms. The second-order valence-electron chi connectivity index (χ2n) is 3.18. The lowest BCUT2D eigenvalue weighted by molar-refractivity contribution is 0.0518. The number of carbonyl (C=O) groups excluding carboxylic acids is 1. The number of ether oxygens (including phenoxy) is 1. The van der Waals surface area contributed by atoms with Crippen molar-refractivity contribution in [3.05, 3.63) is 33.2 Å². The Bertz CT molecular complexity index is 471. The van der Waals surface area contributed by atoms with Crippen LogP contribution in [0.25, 0.3) is 0 Å². The predicted molar refractivity (Wildman–Crippen MR) is 55.9 cm³/mol. The zero-order valence-electron chi connectivity index (χ0n) is 9.13. The Morgan fingerprint density at radius 1 is 1.59 bits per heavy atom. The number of pyridine rings is 1. The maximum Gasteiger partial charge on any atom is 0.354 e. The van der Waals surface area contributed by atoms with Gasteiger partial charge in [-0.3, -0.25) is 4.79 Å². The highest BCUT2D eigenvalue weighted by atomic mass is 19.3. The zero-order chi connectivity index (χ0) is 13.0. The molecule has 94 valence electrons. The fraction of sp³-hybridized carbons (Fsp3) is 0.400. The zero-order valence-corrected chi connectivity index (χ0v) is 9.13. The highest BCUT2D eigenvalue weighted by Crippen LogP contribution is 2.19. The lowest BCUT2D eigenvalue weighted by Gasteiger charge is -2.08. The molecule has 0 aromatic carbocycles. The summed E-state index contributed by atoms with van der Waals surface area (Å²) in [6.07, 6.45) is -2.94. The van der Waals surface area contributed by atoms with E-state index in [2.05, 4.69) is 9.72 Å². The summed E-state index contributed by atoms with van der Waals surface area (Å²) in [7, 11) is 0. The number of aromatic amines is 1. The van der Waals surface area contributed by atoms with Crippen LogP contribution in [0.5, 0.6) is 0 Å². The molecule has 0 saturated carbocycles. The van der Waals surface area contributed by atoms with Crippen LogP contribution in [0, 0.1) is 0 Å². The average Bonchev–Trinajstić information content (AvgIpc) is 2.27. The Hall–Kier alpha value is -1.76. The third-order valence-corrected chi connectivity index (χ3v) is 2.09. The molecule has 1 aromatic rings. The van der Waals surface area contributed by atoms with Gasteiger partial charge in [-0.05, 0) is 18.6 Å². The molecule has 1 rings (SSSR count). The maximum absolute atomic E-state index is 12.6. The number of halogens is 2. The van der Waals surface area contributed by atoms with Gasteiger partial charge in [-0.25, -0.2) is 13.6 Å². The van der Waals surface area contributed by atoms with Crippen molar-refractivity contribution in [2.75, 3.05) is 6.61 Å². The van der Waals surface area contributed by atoms with E-state index in [1.54, 1.807) is 6.92 Å². The van der Waals surface area contributed by atoms with Gasteiger partial charge in [0, 0.05) is 6.54 Å². The summed E-state index contributed by atoms with van der Waals surface area (Å²) in [5.41, 5.74) is 3.29. The summed E-state index contributed by atoms with van der Waals surface area (Å²) in [6, 6.07) is 1.11. The number of H-pyrrole nitrogens is 1. The third-order valence-electron chi connectivity index (χ3n) is 2.09. The summed E-state index contributed by atoms with van der Waals surface area (Å²) >= 11 is 0. The standard InChI is InChI=1S/C10H12F2N2O3/c1-2-17-10(16)6-3-5(4-13)7(8(11)12)9(15)14-6/h3,8H,2,4,13H2,1H3,(H,14,15). The van der Waals surface area contributed by atoms with E-state index in [0.717, 1.165) is 6.07 Å². The Labute approximate surface area is 95.6 Å². The van der Waals surface area contributed by atoms with Crippen LogP contribution in [0.4, 0.5) is 8.78 Å². The molecule has 5 nitrogen and oxygen atoms in total. The lowest BCUT2D eigenvalue weighted by atomic mass is 10.1. The van der Waals surface area contributed by atoms with Crippen molar-refractivity contribution in [3.63, 3.8) is 0 Å². The molecule has 0 aliphatic carbocycles. The van der Waals surface area contributed by atoms with Crippen LogP contribution < -0.4 is 11.3 Å². The van der Waals surface area contributed by atoms with E-state index in [1.807, 2.05) is 0 Å². The molecular formula is C10H12F2N2O3. The number of esters is 1. The van der Waals surface area contributed by atoms with Gasteiger partial charge < -0.3 is 15.5 Å². The van der Waals surface area contributed by atoms with E-state index in [0.29, 0.717) is 0 Å². The van der Waals surface area contributed by atoms with Gasteiger partial charge in [0.2, 0.25) is 0 Å². The maximum atomic E-state index is 12.6. The fourth-order valence-electron chi connectivity index (χ4n) is 1.35. The first-order valence-corrected chi connectivity index (χ1v) is 4.92. The molecule has 0 unspecified atom stereocenters. The van der Waals surface area contributed by atoms with Crippen molar-refractivity contribution >= 4 is 5.97 Å². The van der Waals surface area contributed by atoms with E-state index in [9.17, 15) is 18.4 Å². The van der Waals surface area contributed by atoms with Gasteiger partial charge >= 0.3 is 5.97 Å². The Balaban J connectivity index is 3.27. The molecule has 0 radical (unpaired) electrons. The number of nitrogens with two attached hydrogens (primary N) is 1. The molecule has 0 fully saturated rings. The SMILES string of the molecule is CCOC(=O)c1cc(CN)c(C(F)F)c(=O)[nH]1. The topological polar surface area (TPSA) is 85.2 Å². The number of aromatic nitrogens is 1. The molecular weight excluding hydrogens is 234 g/mol.